The van der Waals surface area contributed by atoms with Crippen molar-refractivity contribution in [1.82, 2.24) is 24.7 Å². The Morgan fingerprint density at radius 3 is 2.34 bits per heavy atom. The molecular weight excluding hydrogens is 474 g/mol. The van der Waals surface area contributed by atoms with E-state index in [4.69, 9.17) is 4.74 Å². The summed E-state index contributed by atoms with van der Waals surface area (Å²) >= 11 is 0. The highest BCUT2D eigenvalue weighted by Gasteiger charge is 2.40. The summed E-state index contributed by atoms with van der Waals surface area (Å²) in [6, 6.07) is 13.4. The van der Waals surface area contributed by atoms with Gasteiger partial charge in [-0.2, -0.15) is 0 Å². The molecule has 2 aliphatic rings. The van der Waals surface area contributed by atoms with E-state index in [-0.39, 0.29) is 11.4 Å². The summed E-state index contributed by atoms with van der Waals surface area (Å²) in [6.07, 6.45) is 3.51. The first-order chi connectivity index (χ1) is 18.3. The number of aromatic nitrogens is 2. The molecule has 7 nitrogen and oxygen atoms in total. The van der Waals surface area contributed by atoms with Crippen LogP contribution in [0, 0.1) is 13.8 Å². The van der Waals surface area contributed by atoms with Gasteiger partial charge in [-0.05, 0) is 64.5 Å². The number of likely N-dealkylation sites (tertiary alicyclic amines) is 1. The van der Waals surface area contributed by atoms with Crippen LogP contribution in [0.5, 0.6) is 5.75 Å². The standard InChI is InChI=1S/C31H41N5O2/c1-6-38-28-12-11-25(26-9-7-8-10-27(26)28)20-35-17-18-36(19-22(35)2)31(5)13-15-34(16-14-31)30(37)29-23(3)32-21-33-24(29)4/h7-12,21-22H,6,13-20H2,1-5H3. The smallest absolute Gasteiger partial charge is 0.257 e. The zero-order valence-corrected chi connectivity index (χ0v) is 23.5. The molecule has 202 valence electrons. The van der Waals surface area contributed by atoms with Gasteiger partial charge in [-0.25, -0.2) is 9.97 Å². The summed E-state index contributed by atoms with van der Waals surface area (Å²) in [5.74, 6) is 1.04. The molecule has 38 heavy (non-hydrogen) atoms. The summed E-state index contributed by atoms with van der Waals surface area (Å²) < 4.78 is 5.89. The number of hydrogen-bond donors (Lipinski definition) is 0. The lowest BCUT2D eigenvalue weighted by Gasteiger charge is -2.51. The van der Waals surface area contributed by atoms with Crippen molar-refractivity contribution in [1.29, 1.82) is 0 Å². The van der Waals surface area contributed by atoms with Gasteiger partial charge in [-0.1, -0.05) is 30.3 Å². The fraction of sp³-hybridized carbons (Fsp3) is 0.516. The number of carbonyl (C=O) groups excluding carboxylic acids is 1. The molecule has 1 aromatic heterocycles. The van der Waals surface area contributed by atoms with E-state index in [2.05, 4.69) is 70.0 Å². The monoisotopic (exact) mass is 515 g/mol. The Balaban J connectivity index is 1.22. The average Bonchev–Trinajstić information content (AvgIpc) is 2.91. The van der Waals surface area contributed by atoms with E-state index >= 15 is 0 Å². The van der Waals surface area contributed by atoms with E-state index < -0.39 is 0 Å². The van der Waals surface area contributed by atoms with Gasteiger partial charge < -0.3 is 9.64 Å². The molecule has 0 saturated carbocycles. The van der Waals surface area contributed by atoms with Crippen molar-refractivity contribution in [3.63, 3.8) is 0 Å². The van der Waals surface area contributed by atoms with Crippen molar-refractivity contribution in [2.45, 2.75) is 65.6 Å². The maximum absolute atomic E-state index is 13.3. The predicted octanol–water partition coefficient (Wildman–Crippen LogP) is 4.85. The molecule has 2 aromatic carbocycles. The third-order valence-corrected chi connectivity index (χ3v) is 8.74. The summed E-state index contributed by atoms with van der Waals surface area (Å²) in [7, 11) is 0. The SMILES string of the molecule is CCOc1ccc(CN2CCN(C3(C)CCN(C(=O)c4c(C)ncnc4C)CC3)CC2C)c2ccccc12. The predicted molar refractivity (Wildman–Crippen MR) is 152 cm³/mol. The van der Waals surface area contributed by atoms with Gasteiger partial charge in [0.15, 0.2) is 0 Å². The van der Waals surface area contributed by atoms with Crippen molar-refractivity contribution in [2.75, 3.05) is 39.3 Å². The Morgan fingerprint density at radius 1 is 1.00 bits per heavy atom. The lowest BCUT2D eigenvalue weighted by atomic mass is 9.86. The quantitative estimate of drug-likeness (QED) is 0.468. The van der Waals surface area contributed by atoms with E-state index in [0.29, 0.717) is 18.2 Å². The van der Waals surface area contributed by atoms with Crippen LogP contribution in [0.2, 0.25) is 0 Å². The number of fused-ring (bicyclic) bond motifs is 1. The fourth-order valence-electron chi connectivity index (χ4n) is 6.26. The lowest BCUT2D eigenvalue weighted by molar-refractivity contribution is -0.0191. The van der Waals surface area contributed by atoms with Crippen LogP contribution in [0.25, 0.3) is 10.8 Å². The average molecular weight is 516 g/mol. The summed E-state index contributed by atoms with van der Waals surface area (Å²) in [4.78, 5) is 29.1. The minimum absolute atomic E-state index is 0.0726. The van der Waals surface area contributed by atoms with E-state index in [9.17, 15) is 4.79 Å². The Labute approximate surface area is 226 Å². The molecule has 0 aliphatic carbocycles. The Morgan fingerprint density at radius 2 is 1.68 bits per heavy atom. The van der Waals surface area contributed by atoms with Crippen LogP contribution in [-0.4, -0.2) is 81.5 Å². The molecule has 1 unspecified atom stereocenters. The van der Waals surface area contributed by atoms with E-state index in [1.165, 1.54) is 22.7 Å². The van der Waals surface area contributed by atoms with Gasteiger partial charge in [0, 0.05) is 56.2 Å². The van der Waals surface area contributed by atoms with Crippen LogP contribution in [-0.2, 0) is 6.54 Å². The highest BCUT2D eigenvalue weighted by atomic mass is 16.5. The van der Waals surface area contributed by atoms with E-state index in [1.807, 2.05) is 25.7 Å². The van der Waals surface area contributed by atoms with E-state index in [0.717, 1.165) is 69.2 Å². The molecule has 0 bridgehead atoms. The van der Waals surface area contributed by atoms with Crippen LogP contribution in [0.1, 0.15) is 60.9 Å². The van der Waals surface area contributed by atoms with Crippen molar-refractivity contribution >= 4 is 16.7 Å². The van der Waals surface area contributed by atoms with Crippen molar-refractivity contribution < 1.29 is 9.53 Å². The number of hydrogen-bond acceptors (Lipinski definition) is 6. The van der Waals surface area contributed by atoms with Crippen molar-refractivity contribution in [3.05, 3.63) is 65.2 Å². The molecule has 1 atom stereocenters. The second-order valence-electron chi connectivity index (χ2n) is 11.2. The number of aryl methyl sites for hydroxylation is 2. The first-order valence-corrected chi connectivity index (χ1v) is 14.0. The Kier molecular flexibility index (Phi) is 7.68. The number of amides is 1. The molecule has 0 spiro atoms. The Bertz CT molecular complexity index is 1280. The number of benzene rings is 2. The van der Waals surface area contributed by atoms with Gasteiger partial charge >= 0.3 is 0 Å². The summed E-state index contributed by atoms with van der Waals surface area (Å²) in [5, 5.41) is 2.48. The number of nitrogens with zero attached hydrogens (tertiary/aromatic N) is 5. The second-order valence-corrected chi connectivity index (χ2v) is 11.2. The first kappa shape index (κ1) is 26.6. The maximum Gasteiger partial charge on any atom is 0.257 e. The maximum atomic E-state index is 13.3. The topological polar surface area (TPSA) is 61.8 Å². The van der Waals surface area contributed by atoms with Crippen molar-refractivity contribution in [2.24, 2.45) is 0 Å². The minimum atomic E-state index is 0.0726. The van der Waals surface area contributed by atoms with Crippen LogP contribution < -0.4 is 4.74 Å². The van der Waals surface area contributed by atoms with Crippen LogP contribution in [0.15, 0.2) is 42.7 Å². The van der Waals surface area contributed by atoms with Gasteiger partial charge in [0.1, 0.15) is 12.1 Å². The summed E-state index contributed by atoms with van der Waals surface area (Å²) in [5.41, 5.74) is 3.67. The van der Waals surface area contributed by atoms with Gasteiger partial charge in [0.05, 0.1) is 23.6 Å². The molecule has 1 amide bonds. The highest BCUT2D eigenvalue weighted by Crippen LogP contribution is 2.33. The third-order valence-electron chi connectivity index (χ3n) is 8.74. The van der Waals surface area contributed by atoms with Crippen LogP contribution >= 0.6 is 0 Å². The first-order valence-electron chi connectivity index (χ1n) is 14.0. The van der Waals surface area contributed by atoms with E-state index in [1.54, 1.807) is 0 Å². The van der Waals surface area contributed by atoms with Crippen LogP contribution in [0.4, 0.5) is 0 Å². The minimum Gasteiger partial charge on any atom is -0.493 e. The molecule has 0 radical (unpaired) electrons. The highest BCUT2D eigenvalue weighted by molar-refractivity contribution is 5.96. The van der Waals surface area contributed by atoms with Gasteiger partial charge in [-0.15, -0.1) is 0 Å². The van der Waals surface area contributed by atoms with Crippen molar-refractivity contribution in [3.8, 4) is 5.75 Å². The number of rotatable bonds is 6. The molecule has 3 aromatic rings. The normalized spacial score (nSPS) is 20.6. The molecule has 5 rings (SSSR count). The molecule has 2 fully saturated rings. The molecule has 0 N–H and O–H groups in total. The molecule has 2 saturated heterocycles. The number of piperidine rings is 1. The molecule has 3 heterocycles. The van der Waals surface area contributed by atoms with Crippen LogP contribution in [0.3, 0.4) is 0 Å². The van der Waals surface area contributed by atoms with Gasteiger partial charge in [0.2, 0.25) is 0 Å². The molecule has 7 heteroatoms. The number of piperazine rings is 1. The van der Waals surface area contributed by atoms with Gasteiger partial charge in [-0.3, -0.25) is 14.6 Å². The number of ether oxygens (including phenoxy) is 1. The summed E-state index contributed by atoms with van der Waals surface area (Å²) in [6.45, 7) is 16.9. The lowest BCUT2D eigenvalue weighted by Crippen LogP contribution is -2.61. The largest absolute Gasteiger partial charge is 0.493 e. The Hall–Kier alpha value is -3.03. The molecular formula is C31H41N5O2. The zero-order chi connectivity index (χ0) is 26.9. The number of carbonyl (C=O) groups is 1. The zero-order valence-electron chi connectivity index (χ0n) is 23.5. The van der Waals surface area contributed by atoms with Gasteiger partial charge in [0.25, 0.3) is 5.91 Å². The third kappa shape index (κ3) is 5.14. The molecule has 2 aliphatic heterocycles. The fourth-order valence-corrected chi connectivity index (χ4v) is 6.26. The second kappa shape index (κ2) is 11.0.